The number of hydrogen-bond acceptors (Lipinski definition) is 4. The highest BCUT2D eigenvalue weighted by Gasteiger charge is 2.10. The lowest BCUT2D eigenvalue weighted by atomic mass is 10.3. The third-order valence-corrected chi connectivity index (χ3v) is 2.97. The summed E-state index contributed by atoms with van der Waals surface area (Å²) < 4.78 is 0. The molecule has 0 aliphatic heterocycles. The molecular formula is C10H7Cl3N4. The number of halogens is 3. The highest BCUT2D eigenvalue weighted by Crippen LogP contribution is 2.34. The van der Waals surface area contributed by atoms with Gasteiger partial charge in [0.25, 0.3) is 0 Å². The Bertz CT molecular complexity index is 539. The molecule has 0 saturated carbocycles. The maximum atomic E-state index is 6.01. The van der Waals surface area contributed by atoms with E-state index in [1.807, 2.05) is 0 Å². The predicted octanol–water partition coefficient (Wildman–Crippen LogP) is 3.76. The average Bonchev–Trinajstić information content (AvgIpc) is 2.29. The van der Waals surface area contributed by atoms with Crippen LogP contribution in [-0.4, -0.2) is 9.97 Å². The van der Waals surface area contributed by atoms with Crippen LogP contribution in [0.3, 0.4) is 0 Å². The summed E-state index contributed by atoms with van der Waals surface area (Å²) in [4.78, 5) is 7.72. The molecule has 2 rings (SSSR count). The van der Waals surface area contributed by atoms with Crippen LogP contribution in [0.1, 0.15) is 0 Å². The Balaban J connectivity index is 2.42. The van der Waals surface area contributed by atoms with Gasteiger partial charge in [0.1, 0.15) is 12.0 Å². The Labute approximate surface area is 113 Å². The van der Waals surface area contributed by atoms with E-state index in [1.165, 1.54) is 6.33 Å². The number of benzene rings is 1. The molecule has 0 aliphatic carbocycles. The van der Waals surface area contributed by atoms with Crippen molar-refractivity contribution in [1.29, 1.82) is 0 Å². The zero-order valence-electron chi connectivity index (χ0n) is 8.42. The van der Waals surface area contributed by atoms with E-state index < -0.39 is 0 Å². The molecule has 0 radical (unpaired) electrons. The molecule has 88 valence electrons. The second-order valence-electron chi connectivity index (χ2n) is 3.15. The Morgan fingerprint density at radius 3 is 2.35 bits per heavy atom. The maximum absolute atomic E-state index is 6.01. The second kappa shape index (κ2) is 4.96. The molecule has 0 atom stereocenters. The minimum Gasteiger partial charge on any atom is -0.393 e. The van der Waals surface area contributed by atoms with E-state index in [2.05, 4.69) is 15.3 Å². The van der Waals surface area contributed by atoms with Crippen molar-refractivity contribution in [2.75, 3.05) is 11.1 Å². The number of aromatic nitrogens is 2. The number of nitrogen functional groups attached to an aromatic ring is 1. The first kappa shape index (κ1) is 12.2. The van der Waals surface area contributed by atoms with Crippen LogP contribution in [0.15, 0.2) is 24.5 Å². The topological polar surface area (TPSA) is 63.8 Å². The first-order valence-electron chi connectivity index (χ1n) is 4.56. The van der Waals surface area contributed by atoms with Gasteiger partial charge in [0.15, 0.2) is 11.0 Å². The molecule has 7 heteroatoms. The predicted molar refractivity (Wildman–Crippen MR) is 71.2 cm³/mol. The summed E-state index contributed by atoms with van der Waals surface area (Å²) in [7, 11) is 0. The minimum atomic E-state index is 0.172. The van der Waals surface area contributed by atoms with Crippen molar-refractivity contribution >= 4 is 52.0 Å². The van der Waals surface area contributed by atoms with E-state index in [0.717, 1.165) is 0 Å². The van der Waals surface area contributed by atoms with Gasteiger partial charge < -0.3 is 11.1 Å². The summed E-state index contributed by atoms with van der Waals surface area (Å²) in [6.45, 7) is 0. The number of nitrogens with one attached hydrogen (secondary N) is 1. The van der Waals surface area contributed by atoms with Crippen LogP contribution >= 0.6 is 34.8 Å². The van der Waals surface area contributed by atoms with Gasteiger partial charge in [-0.1, -0.05) is 40.9 Å². The molecule has 0 amide bonds. The molecule has 1 aromatic carbocycles. The summed E-state index contributed by atoms with van der Waals surface area (Å²) in [6, 6.07) is 5.15. The third kappa shape index (κ3) is 2.54. The molecule has 17 heavy (non-hydrogen) atoms. The molecule has 0 unspecified atom stereocenters. The summed E-state index contributed by atoms with van der Waals surface area (Å²) in [5, 5.41) is 4.03. The Morgan fingerprint density at radius 1 is 1.06 bits per heavy atom. The van der Waals surface area contributed by atoms with Gasteiger partial charge in [-0.25, -0.2) is 9.97 Å². The van der Waals surface area contributed by atoms with Gasteiger partial charge in [0.2, 0.25) is 0 Å². The first-order valence-corrected chi connectivity index (χ1v) is 5.70. The zero-order chi connectivity index (χ0) is 12.4. The van der Waals surface area contributed by atoms with Crippen LogP contribution in [0.4, 0.5) is 17.2 Å². The van der Waals surface area contributed by atoms with Crippen molar-refractivity contribution in [1.82, 2.24) is 9.97 Å². The maximum Gasteiger partial charge on any atom is 0.158 e. The van der Waals surface area contributed by atoms with E-state index in [9.17, 15) is 0 Å². The van der Waals surface area contributed by atoms with Crippen LogP contribution in [0, 0.1) is 0 Å². The normalized spacial score (nSPS) is 10.3. The van der Waals surface area contributed by atoms with Gasteiger partial charge in [-0.05, 0) is 12.1 Å². The van der Waals surface area contributed by atoms with Crippen LogP contribution in [0.5, 0.6) is 0 Å². The van der Waals surface area contributed by atoms with E-state index in [4.69, 9.17) is 40.5 Å². The van der Waals surface area contributed by atoms with E-state index >= 15 is 0 Å². The Morgan fingerprint density at radius 2 is 1.71 bits per heavy atom. The van der Waals surface area contributed by atoms with E-state index in [1.54, 1.807) is 18.2 Å². The lowest BCUT2D eigenvalue weighted by Crippen LogP contribution is -2.01. The highest BCUT2D eigenvalue weighted by molar-refractivity contribution is 6.39. The van der Waals surface area contributed by atoms with E-state index in [0.29, 0.717) is 21.6 Å². The molecule has 0 aliphatic rings. The second-order valence-corrected chi connectivity index (χ2v) is 4.32. The SMILES string of the molecule is Nc1c(Cl)ncnc1Nc1c(Cl)cccc1Cl. The zero-order valence-corrected chi connectivity index (χ0v) is 10.7. The standard InChI is InChI=1S/C10H7Cl3N4/c11-5-2-1-3-6(12)8(5)17-10-7(14)9(13)15-4-16-10/h1-4H,14H2,(H,15,16,17). The number of nitrogens with two attached hydrogens (primary N) is 1. The first-order chi connectivity index (χ1) is 8.09. The van der Waals surface area contributed by atoms with Gasteiger partial charge in [0.05, 0.1) is 15.7 Å². The number of nitrogens with zero attached hydrogens (tertiary/aromatic N) is 2. The van der Waals surface area contributed by atoms with Crippen molar-refractivity contribution in [3.05, 3.63) is 39.7 Å². The largest absolute Gasteiger partial charge is 0.393 e. The Hall–Kier alpha value is -1.23. The van der Waals surface area contributed by atoms with Crippen LogP contribution in [0.25, 0.3) is 0 Å². The van der Waals surface area contributed by atoms with Gasteiger partial charge in [-0.2, -0.15) is 0 Å². The fourth-order valence-corrected chi connectivity index (χ4v) is 1.83. The lowest BCUT2D eigenvalue weighted by Gasteiger charge is -2.11. The Kier molecular flexibility index (Phi) is 3.57. The fraction of sp³-hybridized carbons (Fsp3) is 0. The van der Waals surface area contributed by atoms with E-state index in [-0.39, 0.29) is 10.8 Å². The third-order valence-electron chi connectivity index (χ3n) is 2.04. The summed E-state index contributed by atoms with van der Waals surface area (Å²) in [5.41, 5.74) is 6.49. The van der Waals surface area contributed by atoms with Crippen molar-refractivity contribution < 1.29 is 0 Å². The van der Waals surface area contributed by atoms with Gasteiger partial charge in [0, 0.05) is 0 Å². The molecule has 0 fully saturated rings. The monoisotopic (exact) mass is 288 g/mol. The minimum absolute atomic E-state index is 0.172. The number of anilines is 3. The van der Waals surface area contributed by atoms with Crippen LogP contribution in [0.2, 0.25) is 15.2 Å². The number of para-hydroxylation sites is 1. The van der Waals surface area contributed by atoms with Crippen molar-refractivity contribution in [3.63, 3.8) is 0 Å². The molecule has 0 bridgehead atoms. The summed E-state index contributed by atoms with van der Waals surface area (Å²) >= 11 is 17.8. The molecule has 0 spiro atoms. The van der Waals surface area contributed by atoms with Gasteiger partial charge >= 0.3 is 0 Å². The number of hydrogen-bond donors (Lipinski definition) is 2. The fourth-order valence-electron chi connectivity index (χ4n) is 1.21. The number of rotatable bonds is 2. The molecular weight excluding hydrogens is 282 g/mol. The quantitative estimate of drug-likeness (QED) is 0.826. The molecule has 2 aromatic rings. The smallest absolute Gasteiger partial charge is 0.158 e. The molecule has 4 nitrogen and oxygen atoms in total. The van der Waals surface area contributed by atoms with Gasteiger partial charge in [-0.3, -0.25) is 0 Å². The van der Waals surface area contributed by atoms with Crippen molar-refractivity contribution in [2.24, 2.45) is 0 Å². The van der Waals surface area contributed by atoms with Crippen LogP contribution < -0.4 is 11.1 Å². The molecule has 0 saturated heterocycles. The van der Waals surface area contributed by atoms with Crippen LogP contribution in [-0.2, 0) is 0 Å². The summed E-state index contributed by atoms with van der Waals surface area (Å²) in [6.07, 6.45) is 1.30. The van der Waals surface area contributed by atoms with Crippen molar-refractivity contribution in [2.45, 2.75) is 0 Å². The lowest BCUT2D eigenvalue weighted by molar-refractivity contribution is 1.17. The average molecular weight is 290 g/mol. The van der Waals surface area contributed by atoms with Crippen molar-refractivity contribution in [3.8, 4) is 0 Å². The molecule has 1 aromatic heterocycles. The summed E-state index contributed by atoms with van der Waals surface area (Å²) in [5.74, 6) is 0.361. The van der Waals surface area contributed by atoms with Gasteiger partial charge in [-0.15, -0.1) is 0 Å². The molecule has 1 heterocycles. The highest BCUT2D eigenvalue weighted by atomic mass is 35.5. The molecule has 3 N–H and O–H groups in total.